The average molecular weight is 641 g/mol. The van der Waals surface area contributed by atoms with Crippen molar-refractivity contribution in [3.63, 3.8) is 0 Å². The lowest BCUT2D eigenvalue weighted by atomic mass is 9.46. The molecule has 46 heavy (non-hydrogen) atoms. The third-order valence-electron chi connectivity index (χ3n) is 11.0. The lowest BCUT2D eigenvalue weighted by Crippen LogP contribution is -2.65. The maximum absolute atomic E-state index is 13.5. The minimum atomic E-state index is -1.48. The lowest BCUT2D eigenvalue weighted by molar-refractivity contribution is -0.189. The van der Waals surface area contributed by atoms with Crippen molar-refractivity contribution in [3.8, 4) is 0 Å². The van der Waals surface area contributed by atoms with Crippen LogP contribution in [0.25, 0.3) is 0 Å². The maximum Gasteiger partial charge on any atom is 0.397 e. The lowest BCUT2D eigenvalue weighted by Gasteiger charge is -2.61. The summed E-state index contributed by atoms with van der Waals surface area (Å²) < 4.78 is 22.9. The fourth-order valence-electron chi connectivity index (χ4n) is 8.50. The Hall–Kier alpha value is -3.48. The number of nitrogens with one attached hydrogen (secondary N) is 2. The zero-order chi connectivity index (χ0) is 33.1. The van der Waals surface area contributed by atoms with Crippen molar-refractivity contribution >= 4 is 23.8 Å². The van der Waals surface area contributed by atoms with Gasteiger partial charge in [0, 0.05) is 48.9 Å². The number of ether oxygens (including phenoxy) is 4. The van der Waals surface area contributed by atoms with Gasteiger partial charge in [0.15, 0.2) is 6.10 Å². The minimum Gasteiger partial charge on any atom is -0.457 e. The normalized spacial score (nSPS) is 41.7. The van der Waals surface area contributed by atoms with Crippen LogP contribution in [0.3, 0.4) is 0 Å². The van der Waals surface area contributed by atoms with E-state index in [-0.39, 0.29) is 36.1 Å². The second-order valence-corrected chi connectivity index (χ2v) is 13.8. The standard InChI is InChI=1S/C34H44N2O10/c1-15-13-16(2)34(42)19(14-23(43-5)32(40)45-28(15)18(4)44-33(41)30(38)36-20-9-10-20)8-11-21-24-25(26(21)34)27(37)17(3)29(24)46-31(39)22-7-6-12-35-22/h6-8,11-13,15,17-21,23-29,35,37,42H,9-10,14H2,1-5H3,(H,36,38)/b16-13+/t15-,17-,18-,19-,21?,23+,24+,25?,26?,27-,28+,29-,34+/m1/s1. The number of cyclic esters (lactones) is 1. The number of methoxy groups -OCH3 is 1. The molecule has 0 radical (unpaired) electrons. The van der Waals surface area contributed by atoms with E-state index < -0.39 is 77.7 Å². The van der Waals surface area contributed by atoms with Crippen molar-refractivity contribution in [3.05, 3.63) is 47.8 Å². The van der Waals surface area contributed by atoms with E-state index in [2.05, 4.69) is 10.3 Å². The van der Waals surface area contributed by atoms with E-state index in [4.69, 9.17) is 18.9 Å². The highest BCUT2D eigenvalue weighted by molar-refractivity contribution is 6.32. The number of aromatic amines is 1. The fourth-order valence-corrected chi connectivity index (χ4v) is 8.50. The molecule has 3 fully saturated rings. The number of allylic oxidation sites excluding steroid dienone is 1. The highest BCUT2D eigenvalue weighted by Gasteiger charge is 2.71. The summed E-state index contributed by atoms with van der Waals surface area (Å²) >= 11 is 0. The van der Waals surface area contributed by atoms with Crippen molar-refractivity contribution in [2.75, 3.05) is 7.11 Å². The number of fused-ring (bicyclic) bond motifs is 6. The Bertz CT molecular complexity index is 1420. The van der Waals surface area contributed by atoms with Gasteiger partial charge in [-0.25, -0.2) is 14.4 Å². The molecule has 250 valence electrons. The van der Waals surface area contributed by atoms with Gasteiger partial charge >= 0.3 is 23.8 Å². The average Bonchev–Trinajstić information content (AvgIpc) is 3.59. The molecule has 1 aromatic rings. The van der Waals surface area contributed by atoms with Gasteiger partial charge < -0.3 is 39.5 Å². The molecule has 0 aromatic carbocycles. The highest BCUT2D eigenvalue weighted by atomic mass is 16.6. The van der Waals surface area contributed by atoms with Gasteiger partial charge in [-0.15, -0.1) is 0 Å². The first kappa shape index (κ1) is 32.5. The van der Waals surface area contributed by atoms with Gasteiger partial charge in [-0.05, 0) is 62.7 Å². The first-order chi connectivity index (χ1) is 21.9. The molecule has 1 amide bonds. The second-order valence-electron chi connectivity index (χ2n) is 13.8. The molecular formula is C34H44N2O10. The van der Waals surface area contributed by atoms with E-state index >= 15 is 0 Å². The number of aliphatic hydroxyl groups is 2. The zero-order valence-corrected chi connectivity index (χ0v) is 26.8. The van der Waals surface area contributed by atoms with Crippen molar-refractivity contribution in [2.24, 2.45) is 41.4 Å². The van der Waals surface area contributed by atoms with Crippen molar-refractivity contribution in [1.29, 1.82) is 0 Å². The van der Waals surface area contributed by atoms with E-state index in [1.165, 1.54) is 7.11 Å². The molecular weight excluding hydrogens is 596 g/mol. The third kappa shape index (κ3) is 5.47. The first-order valence-corrected chi connectivity index (χ1v) is 16.2. The van der Waals surface area contributed by atoms with Gasteiger partial charge in [-0.2, -0.15) is 0 Å². The van der Waals surface area contributed by atoms with Crippen LogP contribution in [0.4, 0.5) is 0 Å². The van der Waals surface area contributed by atoms with Crippen LogP contribution in [-0.2, 0) is 33.3 Å². The van der Waals surface area contributed by atoms with Gasteiger partial charge in [0.25, 0.3) is 0 Å². The van der Waals surface area contributed by atoms with Crippen LogP contribution in [0.2, 0.25) is 0 Å². The molecule has 1 aliphatic heterocycles. The molecule has 0 saturated heterocycles. The SMILES string of the molecule is CO[C@H]1C[C@H]2C=CC3C(C4[C@H]3[C@H](OC(=O)c3ccc[nH]3)[C@H](C)[C@H]4O)[C@]2(O)/C(C)=C/[C@@H](C)[C@@H]([C@@H](C)OC(=O)C(=O)NC2CC2)OC1=O. The predicted molar refractivity (Wildman–Crippen MR) is 162 cm³/mol. The number of H-pyrrole nitrogens is 1. The van der Waals surface area contributed by atoms with Crippen LogP contribution < -0.4 is 5.32 Å². The summed E-state index contributed by atoms with van der Waals surface area (Å²) in [5.41, 5.74) is -0.525. The number of carbonyl (C=O) groups is 4. The Morgan fingerprint density at radius 3 is 2.57 bits per heavy atom. The van der Waals surface area contributed by atoms with Crippen LogP contribution in [0.5, 0.6) is 0 Å². The number of carbonyl (C=O) groups excluding carboxylic acids is 4. The molecule has 6 rings (SSSR count). The molecule has 1 aromatic heterocycles. The molecule has 3 unspecified atom stereocenters. The maximum atomic E-state index is 13.5. The van der Waals surface area contributed by atoms with Crippen LogP contribution >= 0.6 is 0 Å². The summed E-state index contributed by atoms with van der Waals surface area (Å²) in [5.74, 6) is -5.70. The molecule has 2 heterocycles. The quantitative estimate of drug-likeness (QED) is 0.156. The molecule has 0 spiro atoms. The number of amides is 1. The molecule has 4 N–H and O–H groups in total. The van der Waals surface area contributed by atoms with Crippen molar-refractivity contribution < 1.29 is 48.3 Å². The van der Waals surface area contributed by atoms with Crippen molar-refractivity contribution in [1.82, 2.24) is 10.3 Å². The number of rotatable bonds is 6. The Morgan fingerprint density at radius 1 is 1.17 bits per heavy atom. The van der Waals surface area contributed by atoms with E-state index in [9.17, 15) is 29.4 Å². The summed E-state index contributed by atoms with van der Waals surface area (Å²) in [6.07, 6.45) is 4.72. The monoisotopic (exact) mass is 640 g/mol. The predicted octanol–water partition coefficient (Wildman–Crippen LogP) is 2.07. The van der Waals surface area contributed by atoms with E-state index in [0.29, 0.717) is 11.3 Å². The van der Waals surface area contributed by atoms with E-state index in [0.717, 1.165) is 12.8 Å². The smallest absolute Gasteiger partial charge is 0.397 e. The van der Waals surface area contributed by atoms with Gasteiger partial charge in [0.2, 0.25) is 0 Å². The van der Waals surface area contributed by atoms with Gasteiger partial charge in [0.05, 0.1) is 11.7 Å². The Labute approximate surface area is 267 Å². The topological polar surface area (TPSA) is 173 Å². The molecule has 4 aliphatic carbocycles. The fraction of sp³-hybridized carbons (Fsp3) is 0.647. The molecule has 12 heteroatoms. The Kier molecular flexibility index (Phi) is 8.66. The number of esters is 3. The Balaban J connectivity index is 1.29. The van der Waals surface area contributed by atoms with Crippen molar-refractivity contribution in [2.45, 2.75) is 89.1 Å². The minimum absolute atomic E-state index is 0.0235. The Morgan fingerprint density at radius 2 is 1.91 bits per heavy atom. The zero-order valence-electron chi connectivity index (χ0n) is 26.8. The van der Waals surface area contributed by atoms with Gasteiger partial charge in [0.1, 0.15) is 24.0 Å². The molecule has 3 saturated carbocycles. The largest absolute Gasteiger partial charge is 0.457 e. The van der Waals surface area contributed by atoms with Crippen LogP contribution in [0.15, 0.2) is 42.1 Å². The highest BCUT2D eigenvalue weighted by Crippen LogP contribution is 2.66. The third-order valence-corrected chi connectivity index (χ3v) is 11.0. The summed E-state index contributed by atoms with van der Waals surface area (Å²) in [4.78, 5) is 54.0. The van der Waals surface area contributed by atoms with Gasteiger partial charge in [-0.1, -0.05) is 32.1 Å². The number of hydrogen-bond donors (Lipinski definition) is 4. The second kappa shape index (κ2) is 12.3. The number of aromatic nitrogens is 1. The summed E-state index contributed by atoms with van der Waals surface area (Å²) in [5, 5.41) is 26.9. The summed E-state index contributed by atoms with van der Waals surface area (Å²) in [6, 6.07) is 3.33. The molecule has 12 nitrogen and oxygen atoms in total. The van der Waals surface area contributed by atoms with Crippen LogP contribution in [0.1, 0.15) is 57.4 Å². The molecule has 0 bridgehead atoms. The summed E-state index contributed by atoms with van der Waals surface area (Å²) in [7, 11) is 1.39. The van der Waals surface area contributed by atoms with E-state index in [1.807, 2.05) is 32.1 Å². The first-order valence-electron chi connectivity index (χ1n) is 16.2. The summed E-state index contributed by atoms with van der Waals surface area (Å²) in [6.45, 7) is 7.04. The molecule has 5 aliphatic rings. The van der Waals surface area contributed by atoms with E-state index in [1.54, 1.807) is 32.2 Å². The molecule has 13 atom stereocenters. The van der Waals surface area contributed by atoms with Gasteiger partial charge in [-0.3, -0.25) is 4.79 Å². The number of hydrogen-bond acceptors (Lipinski definition) is 10. The number of aliphatic hydroxyl groups excluding tert-OH is 1. The van der Waals surface area contributed by atoms with Crippen LogP contribution in [0, 0.1) is 41.4 Å². The van der Waals surface area contributed by atoms with Crippen LogP contribution in [-0.4, -0.2) is 88.3 Å².